The number of H-pyrrole nitrogens is 1. The first-order valence-corrected chi connectivity index (χ1v) is 6.69. The van der Waals surface area contributed by atoms with Gasteiger partial charge < -0.3 is 9.72 Å². The lowest BCUT2D eigenvalue weighted by Gasteiger charge is -2.15. The van der Waals surface area contributed by atoms with E-state index in [0.717, 1.165) is 5.56 Å². The predicted molar refractivity (Wildman–Crippen MR) is 74.4 cm³/mol. The van der Waals surface area contributed by atoms with Crippen LogP contribution in [0, 0.1) is 0 Å². The highest BCUT2D eigenvalue weighted by Crippen LogP contribution is 2.39. The molecule has 0 aromatic carbocycles. The molecule has 0 atom stereocenters. The Morgan fingerprint density at radius 3 is 1.78 bits per heavy atom. The summed E-state index contributed by atoms with van der Waals surface area (Å²) in [5, 5.41) is 0. The zero-order valence-electron chi connectivity index (χ0n) is 12.5. The van der Waals surface area contributed by atoms with Gasteiger partial charge in [-0.3, -0.25) is 4.79 Å². The molecule has 18 heavy (non-hydrogen) atoms. The third kappa shape index (κ3) is 2.95. The summed E-state index contributed by atoms with van der Waals surface area (Å²) < 4.78 is 5.33. The molecule has 1 rings (SSSR count). The summed E-state index contributed by atoms with van der Waals surface area (Å²) >= 11 is 0. The summed E-state index contributed by atoms with van der Waals surface area (Å²) in [4.78, 5) is 14.5. The Kier molecular flexibility index (Phi) is 4.60. The number of aromatic nitrogens is 1. The first-order valence-electron chi connectivity index (χ1n) is 6.69. The van der Waals surface area contributed by atoms with E-state index in [4.69, 9.17) is 4.74 Å². The van der Waals surface area contributed by atoms with E-state index in [-0.39, 0.29) is 5.97 Å². The first-order chi connectivity index (χ1) is 8.25. The molecule has 3 nitrogen and oxygen atoms in total. The number of nitrogens with one attached hydrogen (secondary N) is 1. The number of ether oxygens (including phenoxy) is 1. The van der Waals surface area contributed by atoms with Gasteiger partial charge in [-0.25, -0.2) is 0 Å². The second-order valence-corrected chi connectivity index (χ2v) is 5.75. The molecule has 0 unspecified atom stereocenters. The Bertz CT molecular complexity index is 428. The summed E-state index contributed by atoms with van der Waals surface area (Å²) in [7, 11) is 0. The van der Waals surface area contributed by atoms with Crippen LogP contribution in [-0.4, -0.2) is 11.0 Å². The van der Waals surface area contributed by atoms with Crippen molar-refractivity contribution in [1.82, 2.24) is 4.98 Å². The minimum Gasteiger partial charge on any atom is -0.409 e. The van der Waals surface area contributed by atoms with Gasteiger partial charge in [-0.2, -0.15) is 0 Å². The number of hydrogen-bond donors (Lipinski definition) is 1. The van der Waals surface area contributed by atoms with E-state index in [0.29, 0.717) is 23.6 Å². The number of esters is 1. The molecule has 0 spiro atoms. The minimum absolute atomic E-state index is 0.274. The fourth-order valence-corrected chi connectivity index (χ4v) is 2.40. The molecule has 1 aromatic rings. The van der Waals surface area contributed by atoms with Gasteiger partial charge in [-0.05, 0) is 23.3 Å². The Hall–Kier alpha value is -1.25. The van der Waals surface area contributed by atoms with E-state index >= 15 is 0 Å². The molecule has 0 saturated carbocycles. The van der Waals surface area contributed by atoms with Gasteiger partial charge in [-0.1, -0.05) is 41.5 Å². The third-order valence-electron chi connectivity index (χ3n) is 3.05. The molecular formula is C15H25NO2. The maximum atomic E-state index is 11.2. The van der Waals surface area contributed by atoms with Crippen molar-refractivity contribution in [2.75, 3.05) is 0 Å². The summed E-state index contributed by atoms with van der Waals surface area (Å²) in [6.45, 7) is 14.4. The summed E-state index contributed by atoms with van der Waals surface area (Å²) in [5.74, 6) is 1.50. The molecule has 102 valence electrons. The van der Waals surface area contributed by atoms with E-state index < -0.39 is 0 Å². The summed E-state index contributed by atoms with van der Waals surface area (Å²) in [6, 6.07) is 0. The van der Waals surface area contributed by atoms with Crippen molar-refractivity contribution in [2.24, 2.45) is 0 Å². The molecular weight excluding hydrogens is 226 g/mol. The Balaban J connectivity index is 3.43. The standard InChI is InChI=1S/C15H25NO2/c1-8(2)12-13(9(3)4)15(18-11(7)17)16-14(12)10(5)6/h8-10,16H,1-7H3. The van der Waals surface area contributed by atoms with Gasteiger partial charge in [0, 0.05) is 18.2 Å². The molecule has 3 heteroatoms. The molecule has 1 aromatic heterocycles. The van der Waals surface area contributed by atoms with Crippen molar-refractivity contribution in [3.05, 3.63) is 16.8 Å². The van der Waals surface area contributed by atoms with Crippen LogP contribution in [0.5, 0.6) is 5.88 Å². The van der Waals surface area contributed by atoms with Crippen molar-refractivity contribution in [3.63, 3.8) is 0 Å². The molecule has 0 aliphatic carbocycles. The fraction of sp³-hybridized carbons (Fsp3) is 0.667. The van der Waals surface area contributed by atoms with Gasteiger partial charge in [0.2, 0.25) is 5.88 Å². The van der Waals surface area contributed by atoms with Crippen LogP contribution in [0.3, 0.4) is 0 Å². The molecule has 0 aliphatic rings. The summed E-state index contributed by atoms with van der Waals surface area (Å²) in [6.07, 6.45) is 0. The maximum Gasteiger partial charge on any atom is 0.309 e. The smallest absolute Gasteiger partial charge is 0.309 e. The third-order valence-corrected chi connectivity index (χ3v) is 3.05. The minimum atomic E-state index is -0.274. The van der Waals surface area contributed by atoms with E-state index in [1.54, 1.807) is 0 Å². The van der Waals surface area contributed by atoms with E-state index in [9.17, 15) is 4.79 Å². The highest BCUT2D eigenvalue weighted by molar-refractivity contribution is 5.70. The lowest BCUT2D eigenvalue weighted by atomic mass is 9.89. The van der Waals surface area contributed by atoms with Crippen LogP contribution in [0.2, 0.25) is 0 Å². The average Bonchev–Trinajstić information content (AvgIpc) is 2.55. The number of hydrogen-bond acceptors (Lipinski definition) is 2. The predicted octanol–water partition coefficient (Wildman–Crippen LogP) is 4.31. The topological polar surface area (TPSA) is 42.1 Å². The molecule has 1 N–H and O–H groups in total. The van der Waals surface area contributed by atoms with Crippen molar-refractivity contribution in [1.29, 1.82) is 0 Å². The quantitative estimate of drug-likeness (QED) is 0.810. The first kappa shape index (κ1) is 14.8. The van der Waals surface area contributed by atoms with Crippen molar-refractivity contribution in [3.8, 4) is 5.88 Å². The SMILES string of the molecule is CC(=O)Oc1[nH]c(C(C)C)c(C(C)C)c1C(C)C. The van der Waals surface area contributed by atoms with Gasteiger partial charge in [0.05, 0.1) is 0 Å². The van der Waals surface area contributed by atoms with Crippen molar-refractivity contribution >= 4 is 5.97 Å². The van der Waals surface area contributed by atoms with E-state index in [2.05, 4.69) is 46.5 Å². The second-order valence-electron chi connectivity index (χ2n) is 5.75. The van der Waals surface area contributed by atoms with Crippen molar-refractivity contribution in [2.45, 2.75) is 66.2 Å². The number of carbonyl (C=O) groups is 1. The molecule has 1 heterocycles. The van der Waals surface area contributed by atoms with Crippen LogP contribution in [0.1, 0.15) is 83.0 Å². The van der Waals surface area contributed by atoms with Gasteiger partial charge in [0.1, 0.15) is 0 Å². The highest BCUT2D eigenvalue weighted by atomic mass is 16.5. The normalized spacial score (nSPS) is 11.7. The Morgan fingerprint density at radius 2 is 1.44 bits per heavy atom. The van der Waals surface area contributed by atoms with Crippen LogP contribution in [0.25, 0.3) is 0 Å². The molecule has 0 bridgehead atoms. The van der Waals surface area contributed by atoms with Gasteiger partial charge in [-0.15, -0.1) is 0 Å². The number of carbonyl (C=O) groups excluding carboxylic acids is 1. The fourth-order valence-electron chi connectivity index (χ4n) is 2.40. The van der Waals surface area contributed by atoms with Gasteiger partial charge in [0.25, 0.3) is 0 Å². The number of rotatable bonds is 4. The zero-order chi connectivity index (χ0) is 14.0. The highest BCUT2D eigenvalue weighted by Gasteiger charge is 2.24. The molecule has 0 saturated heterocycles. The number of aromatic amines is 1. The largest absolute Gasteiger partial charge is 0.409 e. The second kappa shape index (κ2) is 5.59. The van der Waals surface area contributed by atoms with Crippen LogP contribution in [0.15, 0.2) is 0 Å². The van der Waals surface area contributed by atoms with E-state index in [1.165, 1.54) is 18.2 Å². The Labute approximate surface area is 110 Å². The average molecular weight is 251 g/mol. The lowest BCUT2D eigenvalue weighted by Crippen LogP contribution is -2.05. The molecule has 0 fully saturated rings. The van der Waals surface area contributed by atoms with Crippen molar-refractivity contribution < 1.29 is 9.53 Å². The van der Waals surface area contributed by atoms with Crippen LogP contribution >= 0.6 is 0 Å². The monoisotopic (exact) mass is 251 g/mol. The lowest BCUT2D eigenvalue weighted by molar-refractivity contribution is -0.132. The van der Waals surface area contributed by atoms with Crippen LogP contribution in [0.4, 0.5) is 0 Å². The molecule has 0 aliphatic heterocycles. The summed E-state index contributed by atoms with van der Waals surface area (Å²) in [5.41, 5.74) is 3.63. The van der Waals surface area contributed by atoms with Gasteiger partial charge in [0.15, 0.2) is 0 Å². The van der Waals surface area contributed by atoms with Crippen LogP contribution in [-0.2, 0) is 4.79 Å². The molecule has 0 radical (unpaired) electrons. The zero-order valence-corrected chi connectivity index (χ0v) is 12.5. The van der Waals surface area contributed by atoms with Crippen LogP contribution < -0.4 is 4.74 Å². The Morgan fingerprint density at radius 1 is 0.944 bits per heavy atom. The van der Waals surface area contributed by atoms with E-state index in [1.807, 2.05) is 0 Å². The maximum absolute atomic E-state index is 11.2. The molecule has 0 amide bonds. The van der Waals surface area contributed by atoms with Gasteiger partial charge >= 0.3 is 5.97 Å².